The maximum Gasteiger partial charge on any atom is 0.0451 e. The lowest BCUT2D eigenvalue weighted by atomic mass is 9.99. The number of benzene rings is 2. The molecule has 19 heavy (non-hydrogen) atoms. The van der Waals surface area contributed by atoms with Gasteiger partial charge < -0.3 is 0 Å². The molecule has 0 spiro atoms. The Labute approximate surface area is 117 Å². The summed E-state index contributed by atoms with van der Waals surface area (Å²) in [6.07, 6.45) is 1.94. The molecule has 0 aliphatic heterocycles. The molecule has 0 aliphatic rings. The number of hydrogen-bond donors (Lipinski definition) is 0. The first kappa shape index (κ1) is 12.2. The quantitative estimate of drug-likeness (QED) is 0.593. The van der Waals surface area contributed by atoms with Crippen molar-refractivity contribution in [3.63, 3.8) is 0 Å². The van der Waals surface area contributed by atoms with Gasteiger partial charge in [0.1, 0.15) is 0 Å². The van der Waals surface area contributed by atoms with Crippen LogP contribution < -0.4 is 0 Å². The zero-order chi connectivity index (χ0) is 13.4. The number of aryl methyl sites for hydroxylation is 2. The third-order valence-electron chi connectivity index (χ3n) is 3.41. The second kappa shape index (κ2) is 4.67. The van der Waals surface area contributed by atoms with Crippen molar-refractivity contribution in [2.75, 3.05) is 0 Å². The first-order valence-corrected chi connectivity index (χ1v) is 6.65. The van der Waals surface area contributed by atoms with Gasteiger partial charge in [0.15, 0.2) is 0 Å². The van der Waals surface area contributed by atoms with E-state index in [4.69, 9.17) is 11.6 Å². The fourth-order valence-corrected chi connectivity index (χ4v) is 2.49. The monoisotopic (exact) mass is 267 g/mol. The third kappa shape index (κ3) is 2.22. The largest absolute Gasteiger partial charge is 0.260 e. The summed E-state index contributed by atoms with van der Waals surface area (Å²) in [6, 6.07) is 14.5. The molecule has 94 valence electrons. The van der Waals surface area contributed by atoms with Gasteiger partial charge in [-0.1, -0.05) is 47.5 Å². The molecular formula is C17H14ClN. The molecule has 0 unspecified atom stereocenters. The lowest BCUT2D eigenvalue weighted by Crippen LogP contribution is -1.88. The predicted molar refractivity (Wildman–Crippen MR) is 81.7 cm³/mol. The van der Waals surface area contributed by atoms with Crippen LogP contribution in [0.1, 0.15) is 11.3 Å². The highest BCUT2D eigenvalue weighted by Crippen LogP contribution is 2.31. The van der Waals surface area contributed by atoms with Gasteiger partial charge >= 0.3 is 0 Å². The summed E-state index contributed by atoms with van der Waals surface area (Å²) in [5.74, 6) is 0. The predicted octanol–water partition coefficient (Wildman–Crippen LogP) is 5.17. The minimum absolute atomic E-state index is 0.749. The molecule has 2 heteroatoms. The van der Waals surface area contributed by atoms with Crippen LogP contribution in [0.2, 0.25) is 5.02 Å². The van der Waals surface area contributed by atoms with Crippen LogP contribution in [-0.4, -0.2) is 4.98 Å². The molecule has 1 aromatic heterocycles. The smallest absolute Gasteiger partial charge is 0.0451 e. The normalized spacial score (nSPS) is 10.9. The number of fused-ring (bicyclic) bond motifs is 1. The van der Waals surface area contributed by atoms with E-state index in [1.54, 1.807) is 0 Å². The standard InChI is InChI=1S/C17H14ClN/c1-11-3-5-13(6-4-11)17-10-19-12(2)16-9-14(18)7-8-15(16)17/h3-10H,1-2H3. The van der Waals surface area contributed by atoms with Crippen molar-refractivity contribution in [2.45, 2.75) is 13.8 Å². The molecule has 1 heterocycles. The summed E-state index contributed by atoms with van der Waals surface area (Å²) in [4.78, 5) is 4.49. The van der Waals surface area contributed by atoms with E-state index in [9.17, 15) is 0 Å². The number of aromatic nitrogens is 1. The molecule has 0 bridgehead atoms. The average Bonchev–Trinajstić information content (AvgIpc) is 2.41. The van der Waals surface area contributed by atoms with Crippen LogP contribution in [0.3, 0.4) is 0 Å². The highest BCUT2D eigenvalue weighted by atomic mass is 35.5. The first-order valence-electron chi connectivity index (χ1n) is 6.27. The van der Waals surface area contributed by atoms with Crippen molar-refractivity contribution in [1.82, 2.24) is 4.98 Å². The molecule has 2 aromatic carbocycles. The van der Waals surface area contributed by atoms with Gasteiger partial charge in [-0.15, -0.1) is 0 Å². The van der Waals surface area contributed by atoms with Gasteiger partial charge in [-0.3, -0.25) is 4.98 Å². The van der Waals surface area contributed by atoms with Gasteiger partial charge in [0, 0.05) is 27.9 Å². The highest BCUT2D eigenvalue weighted by Gasteiger charge is 2.07. The van der Waals surface area contributed by atoms with Crippen LogP contribution in [0.5, 0.6) is 0 Å². The Morgan fingerprint density at radius 3 is 2.37 bits per heavy atom. The molecule has 0 saturated heterocycles. The van der Waals surface area contributed by atoms with Crippen molar-refractivity contribution in [2.24, 2.45) is 0 Å². The molecule has 0 saturated carbocycles. The molecule has 0 radical (unpaired) electrons. The van der Waals surface area contributed by atoms with Gasteiger partial charge in [0.2, 0.25) is 0 Å². The fraction of sp³-hybridized carbons (Fsp3) is 0.118. The summed E-state index contributed by atoms with van der Waals surface area (Å²) in [5, 5.41) is 3.06. The summed E-state index contributed by atoms with van der Waals surface area (Å²) in [5.41, 5.74) is 4.60. The maximum atomic E-state index is 6.08. The summed E-state index contributed by atoms with van der Waals surface area (Å²) >= 11 is 6.08. The molecule has 3 aromatic rings. The molecular weight excluding hydrogens is 254 g/mol. The van der Waals surface area contributed by atoms with E-state index in [1.807, 2.05) is 25.3 Å². The zero-order valence-corrected chi connectivity index (χ0v) is 11.7. The van der Waals surface area contributed by atoms with Gasteiger partial charge in [-0.25, -0.2) is 0 Å². The molecule has 0 atom stereocenters. The Balaban J connectivity index is 2.30. The fourth-order valence-electron chi connectivity index (χ4n) is 2.31. The van der Waals surface area contributed by atoms with Crippen molar-refractivity contribution in [3.05, 3.63) is 64.9 Å². The molecule has 1 nitrogen and oxygen atoms in total. The lowest BCUT2D eigenvalue weighted by Gasteiger charge is -2.09. The van der Waals surface area contributed by atoms with E-state index in [1.165, 1.54) is 16.5 Å². The van der Waals surface area contributed by atoms with E-state index < -0.39 is 0 Å². The highest BCUT2D eigenvalue weighted by molar-refractivity contribution is 6.31. The Kier molecular flexibility index (Phi) is 3.00. The Hall–Kier alpha value is -1.86. The minimum Gasteiger partial charge on any atom is -0.260 e. The van der Waals surface area contributed by atoms with Gasteiger partial charge in [-0.2, -0.15) is 0 Å². The number of halogens is 1. The summed E-state index contributed by atoms with van der Waals surface area (Å²) in [7, 11) is 0. The van der Waals surface area contributed by atoms with E-state index >= 15 is 0 Å². The van der Waals surface area contributed by atoms with Crippen LogP contribution in [0, 0.1) is 13.8 Å². The lowest BCUT2D eigenvalue weighted by molar-refractivity contribution is 1.24. The molecule has 0 fully saturated rings. The van der Waals surface area contributed by atoms with E-state index in [0.29, 0.717) is 0 Å². The second-order valence-corrected chi connectivity index (χ2v) is 5.25. The average molecular weight is 268 g/mol. The molecule has 0 amide bonds. The van der Waals surface area contributed by atoms with Crippen molar-refractivity contribution in [3.8, 4) is 11.1 Å². The first-order chi connectivity index (χ1) is 9.15. The van der Waals surface area contributed by atoms with Crippen molar-refractivity contribution in [1.29, 1.82) is 0 Å². The topological polar surface area (TPSA) is 12.9 Å². The van der Waals surface area contributed by atoms with Gasteiger partial charge in [0.25, 0.3) is 0 Å². The molecule has 3 rings (SSSR count). The van der Waals surface area contributed by atoms with Crippen LogP contribution in [0.25, 0.3) is 21.9 Å². The zero-order valence-electron chi connectivity index (χ0n) is 10.9. The van der Waals surface area contributed by atoms with Crippen LogP contribution >= 0.6 is 11.6 Å². The Morgan fingerprint density at radius 1 is 0.895 bits per heavy atom. The van der Waals surface area contributed by atoms with E-state index in [0.717, 1.165) is 21.7 Å². The van der Waals surface area contributed by atoms with Crippen LogP contribution in [0.4, 0.5) is 0 Å². The number of pyridine rings is 1. The number of rotatable bonds is 1. The summed E-state index contributed by atoms with van der Waals surface area (Å²) in [6.45, 7) is 4.10. The minimum atomic E-state index is 0.749. The Morgan fingerprint density at radius 2 is 1.63 bits per heavy atom. The maximum absolute atomic E-state index is 6.08. The Bertz CT molecular complexity index is 745. The van der Waals surface area contributed by atoms with Gasteiger partial charge in [-0.05, 0) is 36.9 Å². The summed E-state index contributed by atoms with van der Waals surface area (Å²) < 4.78 is 0. The van der Waals surface area contributed by atoms with Gasteiger partial charge in [0.05, 0.1) is 0 Å². The van der Waals surface area contributed by atoms with Crippen molar-refractivity contribution >= 4 is 22.4 Å². The molecule has 0 aliphatic carbocycles. The SMILES string of the molecule is Cc1ccc(-c2cnc(C)c3cc(Cl)ccc23)cc1. The van der Waals surface area contributed by atoms with E-state index in [2.05, 4.69) is 42.2 Å². The number of hydrogen-bond acceptors (Lipinski definition) is 1. The van der Waals surface area contributed by atoms with E-state index in [-0.39, 0.29) is 0 Å². The third-order valence-corrected chi connectivity index (χ3v) is 3.65. The van der Waals surface area contributed by atoms with Crippen LogP contribution in [0.15, 0.2) is 48.7 Å². The molecule has 0 N–H and O–H groups in total. The number of nitrogens with zero attached hydrogens (tertiary/aromatic N) is 1. The van der Waals surface area contributed by atoms with Crippen molar-refractivity contribution < 1.29 is 0 Å². The van der Waals surface area contributed by atoms with Crippen LogP contribution in [-0.2, 0) is 0 Å². The second-order valence-electron chi connectivity index (χ2n) is 4.81.